The van der Waals surface area contributed by atoms with E-state index in [2.05, 4.69) is 5.32 Å². The number of carboxylic acids is 1. The Morgan fingerprint density at radius 2 is 1.90 bits per heavy atom. The summed E-state index contributed by atoms with van der Waals surface area (Å²) in [5.74, 6) is -0.977. The maximum Gasteiger partial charge on any atom is 0.408 e. The van der Waals surface area contributed by atoms with Crippen molar-refractivity contribution in [2.24, 2.45) is 0 Å². The lowest BCUT2D eigenvalue weighted by Gasteiger charge is -2.24. The predicted octanol–water partition coefficient (Wildman–Crippen LogP) is 3.04. The quantitative estimate of drug-likeness (QED) is 0.888. The number of carboxylic acid groups (broad SMARTS) is 1. The molecule has 0 aliphatic carbocycles. The Morgan fingerprint density at radius 3 is 2.40 bits per heavy atom. The first-order valence-corrected chi connectivity index (χ1v) is 6.46. The number of ether oxygens (including phenoxy) is 1. The Hall–Kier alpha value is -2.04. The van der Waals surface area contributed by atoms with Gasteiger partial charge in [-0.05, 0) is 38.8 Å². The van der Waals surface area contributed by atoms with Gasteiger partial charge < -0.3 is 15.2 Å². The lowest BCUT2D eigenvalue weighted by molar-refractivity contribution is -0.137. The van der Waals surface area contributed by atoms with E-state index in [-0.39, 0.29) is 6.42 Å². The van der Waals surface area contributed by atoms with Crippen molar-refractivity contribution in [2.75, 3.05) is 0 Å². The van der Waals surface area contributed by atoms with Crippen LogP contribution < -0.4 is 5.32 Å². The van der Waals surface area contributed by atoms with Gasteiger partial charge in [0.15, 0.2) is 0 Å². The van der Waals surface area contributed by atoms with Gasteiger partial charge in [0, 0.05) is 0 Å². The summed E-state index contributed by atoms with van der Waals surface area (Å²) in [6, 6.07) is 6.75. The second-order valence-corrected chi connectivity index (χ2v) is 5.65. The first-order chi connectivity index (χ1) is 9.19. The number of benzene rings is 1. The van der Waals surface area contributed by atoms with Crippen LogP contribution in [0.3, 0.4) is 0 Å². The van der Waals surface area contributed by atoms with Crippen LogP contribution in [0.2, 0.25) is 0 Å². The summed E-state index contributed by atoms with van der Waals surface area (Å²) in [5.41, 5.74) is 1.08. The molecule has 0 saturated heterocycles. The normalized spacial score (nSPS) is 12.6. The molecule has 1 rings (SSSR count). The van der Waals surface area contributed by atoms with E-state index in [1.54, 1.807) is 26.8 Å². The van der Waals surface area contributed by atoms with Gasteiger partial charge in [-0.25, -0.2) is 4.79 Å². The maximum atomic E-state index is 11.8. The van der Waals surface area contributed by atoms with Crippen LogP contribution in [0, 0.1) is 6.92 Å². The highest BCUT2D eigenvalue weighted by Crippen LogP contribution is 2.21. The Labute approximate surface area is 118 Å². The minimum atomic E-state index is -0.977. The molecular formula is C15H21NO4. The number of aliphatic carboxylic acids is 1. The summed E-state index contributed by atoms with van der Waals surface area (Å²) in [5, 5.41) is 11.6. The average Bonchev–Trinajstić information content (AvgIpc) is 2.25. The third kappa shape index (κ3) is 5.30. The Kier molecular flexibility index (Phi) is 5.13. The highest BCUT2D eigenvalue weighted by atomic mass is 16.6. The monoisotopic (exact) mass is 279 g/mol. The molecule has 0 unspecified atom stereocenters. The van der Waals surface area contributed by atoms with Crippen LogP contribution >= 0.6 is 0 Å². The molecule has 0 saturated carbocycles. The largest absolute Gasteiger partial charge is 0.481 e. The molecule has 0 heterocycles. The molecule has 5 heteroatoms. The van der Waals surface area contributed by atoms with Crippen molar-refractivity contribution in [3.63, 3.8) is 0 Å². The molecule has 0 bridgehead atoms. The highest BCUT2D eigenvalue weighted by molar-refractivity contribution is 5.72. The number of rotatable bonds is 4. The predicted molar refractivity (Wildman–Crippen MR) is 75.5 cm³/mol. The number of amides is 1. The Balaban J connectivity index is 2.88. The molecule has 2 N–H and O–H groups in total. The van der Waals surface area contributed by atoms with Gasteiger partial charge in [-0.2, -0.15) is 0 Å². The van der Waals surface area contributed by atoms with Gasteiger partial charge in [-0.3, -0.25) is 4.79 Å². The SMILES string of the molecule is Cc1ccccc1[C@H](CC(=O)O)NC(=O)OC(C)(C)C. The fourth-order valence-electron chi connectivity index (χ4n) is 1.84. The molecule has 1 atom stereocenters. The van der Waals surface area contributed by atoms with Crippen molar-refractivity contribution in [2.45, 2.75) is 45.8 Å². The molecule has 110 valence electrons. The van der Waals surface area contributed by atoms with Gasteiger partial charge in [0.2, 0.25) is 0 Å². The summed E-state index contributed by atoms with van der Waals surface area (Å²) in [6.07, 6.45) is -0.809. The lowest BCUT2D eigenvalue weighted by Crippen LogP contribution is -2.36. The van der Waals surface area contributed by atoms with Gasteiger partial charge in [-0.1, -0.05) is 24.3 Å². The van der Waals surface area contributed by atoms with Crippen molar-refractivity contribution in [1.82, 2.24) is 5.32 Å². The number of hydrogen-bond acceptors (Lipinski definition) is 3. The average molecular weight is 279 g/mol. The molecule has 0 aliphatic rings. The highest BCUT2D eigenvalue weighted by Gasteiger charge is 2.23. The van der Waals surface area contributed by atoms with Gasteiger partial charge in [0.1, 0.15) is 5.60 Å². The van der Waals surface area contributed by atoms with Gasteiger partial charge in [0.25, 0.3) is 0 Å². The van der Waals surface area contributed by atoms with Crippen LogP contribution in [-0.4, -0.2) is 22.8 Å². The summed E-state index contributed by atoms with van der Waals surface area (Å²) in [4.78, 5) is 22.8. The third-order valence-corrected chi connectivity index (χ3v) is 2.63. The second-order valence-electron chi connectivity index (χ2n) is 5.65. The first-order valence-electron chi connectivity index (χ1n) is 6.46. The van der Waals surface area contributed by atoms with Gasteiger partial charge in [0.05, 0.1) is 12.5 Å². The fraction of sp³-hybridized carbons (Fsp3) is 0.467. The van der Waals surface area contributed by atoms with Crippen LogP contribution in [0.25, 0.3) is 0 Å². The molecule has 5 nitrogen and oxygen atoms in total. The fourth-order valence-corrected chi connectivity index (χ4v) is 1.84. The number of hydrogen-bond donors (Lipinski definition) is 2. The molecule has 0 aromatic heterocycles. The zero-order valence-electron chi connectivity index (χ0n) is 12.3. The summed E-state index contributed by atoms with van der Waals surface area (Å²) < 4.78 is 5.17. The first kappa shape index (κ1) is 16.0. The minimum absolute atomic E-state index is 0.190. The smallest absolute Gasteiger partial charge is 0.408 e. The molecule has 1 aromatic rings. The van der Waals surface area contributed by atoms with E-state index in [4.69, 9.17) is 9.84 Å². The molecule has 1 aromatic carbocycles. The topological polar surface area (TPSA) is 75.6 Å². The zero-order valence-corrected chi connectivity index (χ0v) is 12.3. The van der Waals surface area contributed by atoms with Gasteiger partial charge in [-0.15, -0.1) is 0 Å². The number of nitrogens with one attached hydrogen (secondary N) is 1. The van der Waals surface area contributed by atoms with E-state index in [9.17, 15) is 9.59 Å². The lowest BCUT2D eigenvalue weighted by atomic mass is 9.99. The van der Waals surface area contributed by atoms with Crippen LogP contribution in [0.1, 0.15) is 44.4 Å². The van der Waals surface area contributed by atoms with Crippen molar-refractivity contribution in [3.8, 4) is 0 Å². The van der Waals surface area contributed by atoms with E-state index in [1.807, 2.05) is 25.1 Å². The molecule has 1 amide bonds. The Bertz CT molecular complexity index is 491. The van der Waals surface area contributed by atoms with E-state index >= 15 is 0 Å². The van der Waals surface area contributed by atoms with Gasteiger partial charge >= 0.3 is 12.1 Å². The van der Waals surface area contributed by atoms with E-state index in [0.29, 0.717) is 0 Å². The van der Waals surface area contributed by atoms with Crippen molar-refractivity contribution in [3.05, 3.63) is 35.4 Å². The number of carbonyl (C=O) groups excluding carboxylic acids is 1. The van der Waals surface area contributed by atoms with Crippen molar-refractivity contribution >= 4 is 12.1 Å². The molecular weight excluding hydrogens is 258 g/mol. The summed E-state index contributed by atoms with van der Waals surface area (Å²) in [7, 11) is 0. The van der Waals surface area contributed by atoms with E-state index in [1.165, 1.54) is 0 Å². The van der Waals surface area contributed by atoms with Crippen molar-refractivity contribution in [1.29, 1.82) is 0 Å². The number of carbonyl (C=O) groups is 2. The number of alkyl carbamates (subject to hydrolysis) is 1. The van der Waals surface area contributed by atoms with Crippen LogP contribution in [0.5, 0.6) is 0 Å². The van der Waals surface area contributed by atoms with Crippen LogP contribution in [0.15, 0.2) is 24.3 Å². The van der Waals surface area contributed by atoms with Crippen LogP contribution in [-0.2, 0) is 9.53 Å². The second kappa shape index (κ2) is 6.41. The zero-order chi connectivity index (χ0) is 15.3. The Morgan fingerprint density at radius 1 is 1.30 bits per heavy atom. The molecule has 0 fully saturated rings. The summed E-state index contributed by atoms with van der Waals surface area (Å²) >= 11 is 0. The standard InChI is InChI=1S/C15H21NO4/c1-10-7-5-6-8-11(10)12(9-13(17)18)16-14(19)20-15(2,3)4/h5-8,12H,9H2,1-4H3,(H,16,19)(H,17,18)/t12-/m0/s1. The maximum absolute atomic E-state index is 11.8. The molecule has 0 radical (unpaired) electrons. The molecule has 20 heavy (non-hydrogen) atoms. The minimum Gasteiger partial charge on any atom is -0.481 e. The van der Waals surface area contributed by atoms with E-state index in [0.717, 1.165) is 11.1 Å². The molecule has 0 spiro atoms. The third-order valence-electron chi connectivity index (χ3n) is 2.63. The molecule has 0 aliphatic heterocycles. The van der Waals surface area contributed by atoms with E-state index < -0.39 is 23.7 Å². The van der Waals surface area contributed by atoms with Crippen molar-refractivity contribution < 1.29 is 19.4 Å². The number of aryl methyl sites for hydroxylation is 1. The summed E-state index contributed by atoms with van der Waals surface area (Å²) in [6.45, 7) is 7.15. The van der Waals surface area contributed by atoms with Crippen LogP contribution in [0.4, 0.5) is 4.79 Å².